The van der Waals surface area contributed by atoms with Crippen molar-refractivity contribution in [3.05, 3.63) is 30.5 Å². The van der Waals surface area contributed by atoms with Gasteiger partial charge in [0.05, 0.1) is 19.4 Å². The lowest BCUT2D eigenvalue weighted by Gasteiger charge is -2.32. The van der Waals surface area contributed by atoms with Gasteiger partial charge in [-0.05, 0) is 43.0 Å². The lowest BCUT2D eigenvalue weighted by Crippen LogP contribution is -2.37. The van der Waals surface area contributed by atoms with E-state index < -0.39 is 0 Å². The first-order valence-electron chi connectivity index (χ1n) is 9.42. The van der Waals surface area contributed by atoms with Gasteiger partial charge in [0.2, 0.25) is 5.95 Å². The average Bonchev–Trinajstić information content (AvgIpc) is 2.70. The molecule has 1 N–H and O–H groups in total. The molecule has 0 saturated carbocycles. The molecule has 7 nitrogen and oxygen atoms in total. The Bertz CT molecular complexity index is 708. The van der Waals surface area contributed by atoms with Crippen molar-refractivity contribution in [3.8, 4) is 0 Å². The monoisotopic (exact) mass is 354 g/mol. The number of rotatable bonds is 4. The Morgan fingerprint density at radius 3 is 2.46 bits per heavy atom. The molecule has 3 heterocycles. The van der Waals surface area contributed by atoms with Gasteiger partial charge in [-0.1, -0.05) is 6.92 Å². The van der Waals surface area contributed by atoms with E-state index in [2.05, 4.69) is 61.5 Å². The smallest absolute Gasteiger partial charge is 0.249 e. The molecule has 0 aliphatic carbocycles. The Morgan fingerprint density at radius 2 is 1.73 bits per heavy atom. The molecule has 2 aliphatic rings. The second-order valence-corrected chi connectivity index (χ2v) is 7.08. The summed E-state index contributed by atoms with van der Waals surface area (Å²) in [6.45, 7) is 7.74. The van der Waals surface area contributed by atoms with Crippen LogP contribution in [0.1, 0.15) is 19.8 Å². The molecule has 26 heavy (non-hydrogen) atoms. The van der Waals surface area contributed by atoms with Gasteiger partial charge in [-0.3, -0.25) is 0 Å². The SMILES string of the molecule is CC1CCN(c2ccc(Nc3nncc(N4CCOCC4)n3)cc2)CC1. The minimum atomic E-state index is 0.522. The van der Waals surface area contributed by atoms with E-state index in [9.17, 15) is 0 Å². The first-order chi connectivity index (χ1) is 12.8. The van der Waals surface area contributed by atoms with E-state index in [-0.39, 0.29) is 0 Å². The summed E-state index contributed by atoms with van der Waals surface area (Å²) in [7, 11) is 0. The number of morpholine rings is 1. The number of hydrogen-bond acceptors (Lipinski definition) is 7. The molecule has 4 rings (SSSR count). The summed E-state index contributed by atoms with van der Waals surface area (Å²) in [5.74, 6) is 2.20. The summed E-state index contributed by atoms with van der Waals surface area (Å²) < 4.78 is 5.39. The maximum atomic E-state index is 5.39. The summed E-state index contributed by atoms with van der Waals surface area (Å²) in [6, 6.07) is 8.49. The molecule has 0 unspecified atom stereocenters. The largest absolute Gasteiger partial charge is 0.378 e. The van der Waals surface area contributed by atoms with Gasteiger partial charge in [-0.15, -0.1) is 5.10 Å². The molecule has 2 aromatic rings. The van der Waals surface area contributed by atoms with Crippen LogP contribution >= 0.6 is 0 Å². The number of piperidine rings is 1. The van der Waals surface area contributed by atoms with Crippen LogP contribution in [0.4, 0.5) is 23.1 Å². The summed E-state index contributed by atoms with van der Waals surface area (Å²) in [5, 5.41) is 11.5. The van der Waals surface area contributed by atoms with Gasteiger partial charge < -0.3 is 19.9 Å². The highest BCUT2D eigenvalue weighted by molar-refractivity contribution is 5.60. The van der Waals surface area contributed by atoms with Crippen molar-refractivity contribution in [1.29, 1.82) is 0 Å². The fraction of sp³-hybridized carbons (Fsp3) is 0.526. The van der Waals surface area contributed by atoms with E-state index in [1.165, 1.54) is 18.5 Å². The predicted octanol–water partition coefficient (Wildman–Crippen LogP) is 2.69. The van der Waals surface area contributed by atoms with Crippen LogP contribution in [0.5, 0.6) is 0 Å². The van der Waals surface area contributed by atoms with Crippen molar-refractivity contribution < 1.29 is 4.74 Å². The summed E-state index contributed by atoms with van der Waals surface area (Å²) in [4.78, 5) is 9.22. The second-order valence-electron chi connectivity index (χ2n) is 7.08. The highest BCUT2D eigenvalue weighted by atomic mass is 16.5. The number of anilines is 4. The van der Waals surface area contributed by atoms with Crippen LogP contribution in [0, 0.1) is 5.92 Å². The topological polar surface area (TPSA) is 66.4 Å². The van der Waals surface area contributed by atoms with Gasteiger partial charge in [-0.2, -0.15) is 10.1 Å². The Morgan fingerprint density at radius 1 is 1.00 bits per heavy atom. The van der Waals surface area contributed by atoms with Crippen molar-refractivity contribution >= 4 is 23.1 Å². The lowest BCUT2D eigenvalue weighted by molar-refractivity contribution is 0.122. The first kappa shape index (κ1) is 17.0. The maximum absolute atomic E-state index is 5.39. The van der Waals surface area contributed by atoms with E-state index in [4.69, 9.17) is 4.74 Å². The van der Waals surface area contributed by atoms with Gasteiger partial charge >= 0.3 is 0 Å². The molecule has 2 saturated heterocycles. The van der Waals surface area contributed by atoms with Crippen LogP contribution in [-0.4, -0.2) is 54.6 Å². The number of ether oxygens (including phenoxy) is 1. The summed E-state index contributed by atoms with van der Waals surface area (Å²) in [5.41, 5.74) is 2.25. The van der Waals surface area contributed by atoms with Crippen LogP contribution in [0.15, 0.2) is 30.5 Å². The van der Waals surface area contributed by atoms with Crippen molar-refractivity contribution in [1.82, 2.24) is 15.2 Å². The van der Waals surface area contributed by atoms with Crippen LogP contribution < -0.4 is 15.1 Å². The highest BCUT2D eigenvalue weighted by Gasteiger charge is 2.16. The van der Waals surface area contributed by atoms with E-state index in [0.29, 0.717) is 5.95 Å². The van der Waals surface area contributed by atoms with Gasteiger partial charge in [0.25, 0.3) is 0 Å². The molecule has 0 amide bonds. The fourth-order valence-corrected chi connectivity index (χ4v) is 3.44. The molecule has 2 fully saturated rings. The van der Waals surface area contributed by atoms with Crippen molar-refractivity contribution in [2.24, 2.45) is 5.92 Å². The third-order valence-electron chi connectivity index (χ3n) is 5.15. The quantitative estimate of drug-likeness (QED) is 0.905. The van der Waals surface area contributed by atoms with Crippen LogP contribution in [0.25, 0.3) is 0 Å². The maximum Gasteiger partial charge on any atom is 0.249 e. The summed E-state index contributed by atoms with van der Waals surface area (Å²) in [6.07, 6.45) is 4.25. The molecule has 0 radical (unpaired) electrons. The van der Waals surface area contributed by atoms with Gasteiger partial charge in [-0.25, -0.2) is 0 Å². The van der Waals surface area contributed by atoms with Crippen molar-refractivity contribution in [2.45, 2.75) is 19.8 Å². The normalized spacial score (nSPS) is 18.8. The third kappa shape index (κ3) is 4.04. The zero-order chi connectivity index (χ0) is 17.8. The molecule has 138 valence electrons. The van der Waals surface area contributed by atoms with Crippen LogP contribution in [0.3, 0.4) is 0 Å². The minimum absolute atomic E-state index is 0.522. The standard InChI is InChI=1S/C19H26N6O/c1-15-6-8-24(9-7-15)17-4-2-16(3-5-17)21-19-22-18(14-20-23-19)25-10-12-26-13-11-25/h2-5,14-15H,6-13H2,1H3,(H,21,22,23). The number of nitrogens with zero attached hydrogens (tertiary/aromatic N) is 5. The molecule has 0 spiro atoms. The molecule has 7 heteroatoms. The van der Waals surface area contributed by atoms with E-state index in [1.807, 2.05) is 0 Å². The Labute approximate surface area is 154 Å². The van der Waals surface area contributed by atoms with Crippen molar-refractivity contribution in [3.63, 3.8) is 0 Å². The number of nitrogens with one attached hydrogen (secondary N) is 1. The highest BCUT2D eigenvalue weighted by Crippen LogP contribution is 2.25. The Balaban J connectivity index is 1.41. The Hall–Kier alpha value is -2.41. The molecule has 1 aromatic heterocycles. The fourth-order valence-electron chi connectivity index (χ4n) is 3.44. The molecule has 0 atom stereocenters. The molecule has 1 aromatic carbocycles. The van der Waals surface area contributed by atoms with E-state index in [1.54, 1.807) is 6.20 Å². The molecule has 0 bridgehead atoms. The predicted molar refractivity (Wildman–Crippen MR) is 103 cm³/mol. The zero-order valence-electron chi connectivity index (χ0n) is 15.3. The van der Waals surface area contributed by atoms with E-state index in [0.717, 1.165) is 56.8 Å². The minimum Gasteiger partial charge on any atom is -0.378 e. The Kier molecular flexibility index (Phi) is 5.15. The second kappa shape index (κ2) is 7.86. The van der Waals surface area contributed by atoms with E-state index >= 15 is 0 Å². The van der Waals surface area contributed by atoms with Crippen LogP contribution in [0.2, 0.25) is 0 Å². The van der Waals surface area contributed by atoms with Crippen LogP contribution in [-0.2, 0) is 4.74 Å². The van der Waals surface area contributed by atoms with Gasteiger partial charge in [0.1, 0.15) is 0 Å². The number of aromatic nitrogens is 3. The van der Waals surface area contributed by atoms with Gasteiger partial charge in [0.15, 0.2) is 5.82 Å². The lowest BCUT2D eigenvalue weighted by atomic mass is 9.99. The van der Waals surface area contributed by atoms with Crippen molar-refractivity contribution in [2.75, 3.05) is 54.5 Å². The number of benzene rings is 1. The van der Waals surface area contributed by atoms with Gasteiger partial charge in [0, 0.05) is 37.6 Å². The average molecular weight is 354 g/mol. The molecular formula is C19H26N6O. The zero-order valence-corrected chi connectivity index (χ0v) is 15.3. The summed E-state index contributed by atoms with van der Waals surface area (Å²) >= 11 is 0. The first-order valence-corrected chi connectivity index (χ1v) is 9.42. The third-order valence-corrected chi connectivity index (χ3v) is 5.15. The number of hydrogen-bond donors (Lipinski definition) is 1. The molecular weight excluding hydrogens is 328 g/mol. The molecule has 2 aliphatic heterocycles.